The fraction of sp³-hybridized carbons (Fsp3) is 0.611. The van der Waals surface area contributed by atoms with E-state index in [4.69, 9.17) is 4.74 Å². The first-order chi connectivity index (χ1) is 11.7. The molecule has 6 heteroatoms. The van der Waals surface area contributed by atoms with Crippen molar-refractivity contribution in [1.82, 2.24) is 15.1 Å². The number of piperidine rings is 1. The highest BCUT2D eigenvalue weighted by Crippen LogP contribution is 2.19. The second-order valence-electron chi connectivity index (χ2n) is 6.49. The molecule has 0 radical (unpaired) electrons. The number of hydrogen-bond acceptors (Lipinski definition) is 4. The van der Waals surface area contributed by atoms with Gasteiger partial charge in [0, 0.05) is 52.2 Å². The lowest BCUT2D eigenvalue weighted by Gasteiger charge is -2.33. The molecule has 3 rings (SSSR count). The lowest BCUT2D eigenvalue weighted by molar-refractivity contribution is -0.132. The summed E-state index contributed by atoms with van der Waals surface area (Å²) in [6.07, 6.45) is 2.66. The van der Waals surface area contributed by atoms with Crippen molar-refractivity contribution in [3.05, 3.63) is 30.1 Å². The van der Waals surface area contributed by atoms with Gasteiger partial charge in [-0.2, -0.15) is 0 Å². The highest BCUT2D eigenvalue weighted by Gasteiger charge is 2.22. The van der Waals surface area contributed by atoms with Crippen molar-refractivity contribution in [2.75, 3.05) is 45.8 Å². The van der Waals surface area contributed by atoms with Crippen LogP contribution < -0.4 is 10.1 Å². The number of rotatable bonds is 5. The summed E-state index contributed by atoms with van der Waals surface area (Å²) in [5.41, 5.74) is 0. The van der Waals surface area contributed by atoms with Crippen LogP contribution in [-0.2, 0) is 4.79 Å². The Kier molecular flexibility index (Phi) is 6.04. The van der Waals surface area contributed by atoms with Crippen molar-refractivity contribution < 1.29 is 13.9 Å². The molecule has 0 atom stereocenters. The zero-order valence-electron chi connectivity index (χ0n) is 14.0. The summed E-state index contributed by atoms with van der Waals surface area (Å²) < 4.78 is 18.8. The van der Waals surface area contributed by atoms with Gasteiger partial charge in [-0.3, -0.25) is 4.79 Å². The van der Waals surface area contributed by atoms with Gasteiger partial charge in [-0.15, -0.1) is 0 Å². The Bertz CT molecular complexity index is 524. The van der Waals surface area contributed by atoms with E-state index in [-0.39, 0.29) is 17.8 Å². The van der Waals surface area contributed by atoms with Crippen molar-refractivity contribution in [3.8, 4) is 5.75 Å². The Labute approximate surface area is 142 Å². The predicted octanol–water partition coefficient (Wildman–Crippen LogP) is 1.49. The number of likely N-dealkylation sites (tertiary alicyclic amines) is 1. The van der Waals surface area contributed by atoms with Gasteiger partial charge in [0.2, 0.25) is 5.91 Å². The monoisotopic (exact) mass is 335 g/mol. The molecular formula is C18H26FN3O2. The SMILES string of the molecule is O=C(CCN1CCC(Oc2ccc(F)cc2)CC1)N1CCNCC1. The molecule has 0 aromatic heterocycles. The van der Waals surface area contributed by atoms with Gasteiger partial charge < -0.3 is 19.9 Å². The second kappa shape index (κ2) is 8.44. The largest absolute Gasteiger partial charge is 0.490 e. The quantitative estimate of drug-likeness (QED) is 0.886. The maximum Gasteiger partial charge on any atom is 0.223 e. The molecule has 0 spiro atoms. The van der Waals surface area contributed by atoms with Crippen molar-refractivity contribution >= 4 is 5.91 Å². The Hall–Kier alpha value is -1.66. The molecular weight excluding hydrogens is 309 g/mol. The first-order valence-corrected chi connectivity index (χ1v) is 8.84. The summed E-state index contributed by atoms with van der Waals surface area (Å²) >= 11 is 0. The minimum absolute atomic E-state index is 0.176. The Morgan fingerprint density at radius 2 is 1.79 bits per heavy atom. The molecule has 132 valence electrons. The van der Waals surface area contributed by atoms with E-state index in [1.54, 1.807) is 12.1 Å². The van der Waals surface area contributed by atoms with E-state index in [0.717, 1.165) is 64.4 Å². The molecule has 0 saturated carbocycles. The molecule has 1 aromatic carbocycles. The van der Waals surface area contributed by atoms with Crippen molar-refractivity contribution in [2.45, 2.75) is 25.4 Å². The van der Waals surface area contributed by atoms with Crippen molar-refractivity contribution in [1.29, 1.82) is 0 Å². The highest BCUT2D eigenvalue weighted by atomic mass is 19.1. The zero-order chi connectivity index (χ0) is 16.8. The summed E-state index contributed by atoms with van der Waals surface area (Å²) in [4.78, 5) is 16.5. The van der Waals surface area contributed by atoms with Gasteiger partial charge in [-0.05, 0) is 37.1 Å². The van der Waals surface area contributed by atoms with Gasteiger partial charge >= 0.3 is 0 Å². The standard InChI is InChI=1S/C18H26FN3O2/c19-15-1-3-16(4-2-15)24-17-5-10-21(11-6-17)12-7-18(23)22-13-8-20-9-14-22/h1-4,17,20H,5-14H2. The number of amides is 1. The van der Waals surface area contributed by atoms with Gasteiger partial charge in [0.25, 0.3) is 0 Å². The van der Waals surface area contributed by atoms with Gasteiger partial charge in [0.1, 0.15) is 17.7 Å². The second-order valence-corrected chi connectivity index (χ2v) is 6.49. The third-order valence-electron chi connectivity index (χ3n) is 4.76. The van der Waals surface area contributed by atoms with Crippen LogP contribution >= 0.6 is 0 Å². The number of ether oxygens (including phenoxy) is 1. The number of hydrogen-bond donors (Lipinski definition) is 1. The first kappa shape index (κ1) is 17.2. The Morgan fingerprint density at radius 1 is 1.12 bits per heavy atom. The molecule has 5 nitrogen and oxygen atoms in total. The molecule has 24 heavy (non-hydrogen) atoms. The van der Waals surface area contributed by atoms with Crippen LogP contribution in [0.4, 0.5) is 4.39 Å². The van der Waals surface area contributed by atoms with E-state index in [9.17, 15) is 9.18 Å². The summed E-state index contributed by atoms with van der Waals surface area (Å²) in [7, 11) is 0. The number of halogens is 1. The number of nitrogens with one attached hydrogen (secondary N) is 1. The smallest absolute Gasteiger partial charge is 0.223 e. The number of benzene rings is 1. The average molecular weight is 335 g/mol. The normalized spacial score (nSPS) is 20.1. The van der Waals surface area contributed by atoms with Crippen LogP contribution in [0.1, 0.15) is 19.3 Å². The number of carbonyl (C=O) groups excluding carboxylic acids is 1. The van der Waals surface area contributed by atoms with Gasteiger partial charge in [0.05, 0.1) is 0 Å². The van der Waals surface area contributed by atoms with E-state index in [1.165, 1.54) is 12.1 Å². The molecule has 0 unspecified atom stereocenters. The zero-order valence-corrected chi connectivity index (χ0v) is 14.0. The average Bonchev–Trinajstić information content (AvgIpc) is 2.63. The van der Waals surface area contributed by atoms with Crippen LogP contribution in [0.25, 0.3) is 0 Å². The minimum atomic E-state index is -0.244. The number of nitrogens with zero attached hydrogens (tertiary/aromatic N) is 2. The molecule has 2 aliphatic heterocycles. The first-order valence-electron chi connectivity index (χ1n) is 8.84. The topological polar surface area (TPSA) is 44.8 Å². The molecule has 0 aliphatic carbocycles. The molecule has 1 amide bonds. The summed E-state index contributed by atoms with van der Waals surface area (Å²) in [6, 6.07) is 6.19. The number of piperazine rings is 1. The van der Waals surface area contributed by atoms with E-state index in [2.05, 4.69) is 10.2 Å². The highest BCUT2D eigenvalue weighted by molar-refractivity contribution is 5.76. The van der Waals surface area contributed by atoms with Crippen molar-refractivity contribution in [3.63, 3.8) is 0 Å². The summed E-state index contributed by atoms with van der Waals surface area (Å²) in [5, 5.41) is 3.26. The molecule has 2 fully saturated rings. The molecule has 1 aromatic rings. The summed E-state index contributed by atoms with van der Waals surface area (Å²) in [6.45, 7) is 6.17. The number of carbonyl (C=O) groups is 1. The Morgan fingerprint density at radius 3 is 2.46 bits per heavy atom. The maximum absolute atomic E-state index is 12.9. The van der Waals surface area contributed by atoms with E-state index in [1.807, 2.05) is 4.90 Å². The van der Waals surface area contributed by atoms with Crippen LogP contribution in [0.3, 0.4) is 0 Å². The molecule has 2 aliphatic rings. The predicted molar refractivity (Wildman–Crippen MR) is 90.6 cm³/mol. The van der Waals surface area contributed by atoms with E-state index < -0.39 is 0 Å². The third-order valence-corrected chi connectivity index (χ3v) is 4.76. The lowest BCUT2D eigenvalue weighted by Crippen LogP contribution is -2.47. The van der Waals surface area contributed by atoms with Gasteiger partial charge in [-0.25, -0.2) is 4.39 Å². The van der Waals surface area contributed by atoms with Crippen LogP contribution in [0, 0.1) is 5.82 Å². The fourth-order valence-corrected chi connectivity index (χ4v) is 3.28. The molecule has 0 bridgehead atoms. The van der Waals surface area contributed by atoms with Crippen LogP contribution in [0.5, 0.6) is 5.75 Å². The minimum Gasteiger partial charge on any atom is -0.490 e. The molecule has 1 N–H and O–H groups in total. The van der Waals surface area contributed by atoms with Crippen LogP contribution in [-0.4, -0.2) is 67.6 Å². The molecule has 2 saturated heterocycles. The van der Waals surface area contributed by atoms with Crippen LogP contribution in [0.15, 0.2) is 24.3 Å². The lowest BCUT2D eigenvalue weighted by atomic mass is 10.1. The van der Waals surface area contributed by atoms with E-state index >= 15 is 0 Å². The van der Waals surface area contributed by atoms with Gasteiger partial charge in [-0.1, -0.05) is 0 Å². The fourth-order valence-electron chi connectivity index (χ4n) is 3.28. The van der Waals surface area contributed by atoms with Crippen molar-refractivity contribution in [2.24, 2.45) is 0 Å². The van der Waals surface area contributed by atoms with E-state index in [0.29, 0.717) is 6.42 Å². The Balaban J connectivity index is 1.35. The van der Waals surface area contributed by atoms with Crippen LogP contribution in [0.2, 0.25) is 0 Å². The third kappa shape index (κ3) is 4.92. The summed E-state index contributed by atoms with van der Waals surface area (Å²) in [5.74, 6) is 0.747. The molecule has 2 heterocycles. The maximum atomic E-state index is 12.9. The van der Waals surface area contributed by atoms with Gasteiger partial charge in [0.15, 0.2) is 0 Å².